The molecule has 0 fully saturated rings. The van der Waals surface area contributed by atoms with Crippen LogP contribution in [0.2, 0.25) is 0 Å². The molecule has 0 radical (unpaired) electrons. The van der Waals surface area contributed by atoms with E-state index in [1.165, 1.54) is 89.9 Å². The van der Waals surface area contributed by atoms with E-state index in [0.29, 0.717) is 5.75 Å². The van der Waals surface area contributed by atoms with Crippen molar-refractivity contribution in [2.24, 2.45) is 0 Å². The molecule has 0 saturated heterocycles. The molecule has 0 atom stereocenters. The second-order valence-electron chi connectivity index (χ2n) is 8.00. The van der Waals surface area contributed by atoms with Crippen LogP contribution in [-0.4, -0.2) is 19.3 Å². The van der Waals surface area contributed by atoms with Crippen LogP contribution < -0.4 is 9.47 Å². The number of methoxy groups -OCH3 is 2. The fourth-order valence-corrected chi connectivity index (χ4v) is 3.87. The Kier molecular flexibility index (Phi) is 14.6. The van der Waals surface area contributed by atoms with E-state index >= 15 is 0 Å². The van der Waals surface area contributed by atoms with Gasteiger partial charge in [0, 0.05) is 5.56 Å². The quantitative estimate of drug-likeness (QED) is 0.259. The summed E-state index contributed by atoms with van der Waals surface area (Å²) < 4.78 is 10.6. The van der Waals surface area contributed by atoms with Gasteiger partial charge in [0.2, 0.25) is 0 Å². The number of phenolic OH excluding ortho intramolecular Hbond substituents is 1. The van der Waals surface area contributed by atoms with E-state index in [4.69, 9.17) is 9.47 Å². The summed E-state index contributed by atoms with van der Waals surface area (Å²) in [6.45, 7) is 2.28. The van der Waals surface area contributed by atoms with E-state index in [2.05, 4.69) is 6.92 Å². The Morgan fingerprint density at radius 2 is 1.00 bits per heavy atom. The lowest BCUT2D eigenvalue weighted by atomic mass is 10.0. The van der Waals surface area contributed by atoms with Crippen molar-refractivity contribution >= 4 is 0 Å². The predicted octanol–water partition coefficient (Wildman–Crippen LogP) is 7.82. The maximum Gasteiger partial charge on any atom is 0.164 e. The molecule has 0 amide bonds. The van der Waals surface area contributed by atoms with Crippen LogP contribution in [0.5, 0.6) is 17.2 Å². The van der Waals surface area contributed by atoms with Crippen molar-refractivity contribution in [3.05, 3.63) is 17.7 Å². The van der Waals surface area contributed by atoms with E-state index in [1.807, 2.05) is 6.07 Å². The summed E-state index contributed by atoms with van der Waals surface area (Å²) >= 11 is 0. The van der Waals surface area contributed by atoms with Crippen LogP contribution in [0.1, 0.15) is 109 Å². The summed E-state index contributed by atoms with van der Waals surface area (Å²) in [7, 11) is 3.23. The molecule has 0 aliphatic rings. The molecule has 0 heterocycles. The molecule has 1 N–H and O–H groups in total. The van der Waals surface area contributed by atoms with Gasteiger partial charge >= 0.3 is 0 Å². The van der Waals surface area contributed by atoms with Gasteiger partial charge in [-0.3, -0.25) is 0 Å². The van der Waals surface area contributed by atoms with Crippen LogP contribution in [0.25, 0.3) is 0 Å². The van der Waals surface area contributed by atoms with Gasteiger partial charge in [-0.1, -0.05) is 96.8 Å². The first-order valence-electron chi connectivity index (χ1n) is 11.7. The zero-order valence-corrected chi connectivity index (χ0v) is 18.7. The lowest BCUT2D eigenvalue weighted by Gasteiger charge is -2.13. The monoisotopic (exact) mass is 392 g/mol. The molecule has 1 rings (SSSR count). The van der Waals surface area contributed by atoms with Gasteiger partial charge in [0.05, 0.1) is 14.2 Å². The van der Waals surface area contributed by atoms with Crippen molar-refractivity contribution in [2.75, 3.05) is 14.2 Å². The molecule has 162 valence electrons. The zero-order chi connectivity index (χ0) is 20.5. The van der Waals surface area contributed by atoms with Gasteiger partial charge in [-0.25, -0.2) is 0 Å². The van der Waals surface area contributed by atoms with Crippen molar-refractivity contribution in [2.45, 2.75) is 110 Å². The molecule has 0 bridgehead atoms. The third-order valence-electron chi connectivity index (χ3n) is 5.67. The van der Waals surface area contributed by atoms with Crippen LogP contribution in [0.3, 0.4) is 0 Å². The second-order valence-corrected chi connectivity index (χ2v) is 8.00. The van der Waals surface area contributed by atoms with E-state index < -0.39 is 0 Å². The highest BCUT2D eigenvalue weighted by atomic mass is 16.5. The van der Waals surface area contributed by atoms with Crippen LogP contribution in [-0.2, 0) is 6.42 Å². The molecule has 28 heavy (non-hydrogen) atoms. The highest BCUT2D eigenvalue weighted by molar-refractivity contribution is 5.53. The topological polar surface area (TPSA) is 38.7 Å². The Hall–Kier alpha value is -1.38. The van der Waals surface area contributed by atoms with E-state index in [9.17, 15) is 5.11 Å². The number of rotatable bonds is 18. The number of hydrogen-bond acceptors (Lipinski definition) is 3. The second kappa shape index (κ2) is 16.6. The fourth-order valence-electron chi connectivity index (χ4n) is 3.87. The third-order valence-corrected chi connectivity index (χ3v) is 5.67. The molecular formula is C25H44O3. The van der Waals surface area contributed by atoms with Gasteiger partial charge in [0.15, 0.2) is 11.5 Å². The number of benzene rings is 1. The summed E-state index contributed by atoms with van der Waals surface area (Å²) in [4.78, 5) is 0. The molecule has 0 aromatic heterocycles. The van der Waals surface area contributed by atoms with Crippen molar-refractivity contribution in [3.8, 4) is 17.2 Å². The molecule has 0 aliphatic heterocycles. The molecule has 1 aromatic carbocycles. The minimum Gasteiger partial charge on any atom is -0.504 e. The summed E-state index contributed by atoms with van der Waals surface area (Å²) in [5.74, 6) is 1.51. The van der Waals surface area contributed by atoms with Crippen LogP contribution in [0.4, 0.5) is 0 Å². The van der Waals surface area contributed by atoms with Crippen LogP contribution in [0.15, 0.2) is 12.1 Å². The summed E-state index contributed by atoms with van der Waals surface area (Å²) in [5, 5.41) is 10.3. The smallest absolute Gasteiger partial charge is 0.164 e. The standard InChI is InChI=1S/C25H44O3/c1-4-5-6-7-8-9-10-11-12-13-14-15-16-17-18-19-22-23(27-2)20-21-24(28-3)25(22)26/h20-21,26H,4-19H2,1-3H3. The number of ether oxygens (including phenoxy) is 2. The van der Waals surface area contributed by atoms with Gasteiger partial charge in [-0.2, -0.15) is 0 Å². The molecular weight excluding hydrogens is 348 g/mol. The first kappa shape index (κ1) is 24.7. The Labute approximate surface area is 173 Å². The molecule has 0 saturated carbocycles. The largest absolute Gasteiger partial charge is 0.504 e. The highest BCUT2D eigenvalue weighted by Gasteiger charge is 2.13. The minimum atomic E-state index is 0.229. The lowest BCUT2D eigenvalue weighted by molar-refractivity contribution is 0.359. The van der Waals surface area contributed by atoms with Crippen molar-refractivity contribution in [1.29, 1.82) is 0 Å². The molecule has 1 aromatic rings. The van der Waals surface area contributed by atoms with Crippen molar-refractivity contribution < 1.29 is 14.6 Å². The minimum absolute atomic E-state index is 0.229. The Bertz CT molecular complexity index is 499. The number of phenols is 1. The molecule has 3 heteroatoms. The average Bonchev–Trinajstić information content (AvgIpc) is 2.71. The fraction of sp³-hybridized carbons (Fsp3) is 0.760. The Balaban J connectivity index is 2.00. The van der Waals surface area contributed by atoms with E-state index in [-0.39, 0.29) is 5.75 Å². The van der Waals surface area contributed by atoms with Crippen LogP contribution >= 0.6 is 0 Å². The summed E-state index contributed by atoms with van der Waals surface area (Å²) in [6, 6.07) is 3.63. The number of aromatic hydroxyl groups is 1. The molecule has 0 unspecified atom stereocenters. The maximum atomic E-state index is 10.3. The van der Waals surface area contributed by atoms with Gasteiger partial charge < -0.3 is 14.6 Å². The normalized spacial score (nSPS) is 11.0. The highest BCUT2D eigenvalue weighted by Crippen LogP contribution is 2.37. The number of hydrogen-bond donors (Lipinski definition) is 1. The summed E-state index contributed by atoms with van der Waals surface area (Å²) in [5.41, 5.74) is 0.872. The third kappa shape index (κ3) is 10.2. The molecule has 0 spiro atoms. The predicted molar refractivity (Wildman–Crippen MR) is 120 cm³/mol. The Morgan fingerprint density at radius 3 is 1.43 bits per heavy atom. The average molecular weight is 393 g/mol. The summed E-state index contributed by atoms with van der Waals surface area (Å²) in [6.07, 6.45) is 21.2. The first-order valence-corrected chi connectivity index (χ1v) is 11.7. The first-order chi connectivity index (χ1) is 13.7. The van der Waals surface area contributed by atoms with Crippen LogP contribution in [0, 0.1) is 0 Å². The van der Waals surface area contributed by atoms with Crippen molar-refractivity contribution in [3.63, 3.8) is 0 Å². The van der Waals surface area contributed by atoms with E-state index in [0.717, 1.165) is 24.2 Å². The van der Waals surface area contributed by atoms with Crippen molar-refractivity contribution in [1.82, 2.24) is 0 Å². The molecule has 0 aliphatic carbocycles. The SMILES string of the molecule is CCCCCCCCCCCCCCCCCc1c(OC)ccc(OC)c1O. The zero-order valence-electron chi connectivity index (χ0n) is 18.7. The van der Waals surface area contributed by atoms with Gasteiger partial charge in [0.1, 0.15) is 5.75 Å². The van der Waals surface area contributed by atoms with Gasteiger partial charge in [-0.05, 0) is 25.0 Å². The maximum absolute atomic E-state index is 10.3. The van der Waals surface area contributed by atoms with Gasteiger partial charge in [0.25, 0.3) is 0 Å². The Morgan fingerprint density at radius 1 is 0.607 bits per heavy atom. The molecule has 3 nitrogen and oxygen atoms in total. The number of unbranched alkanes of at least 4 members (excludes halogenated alkanes) is 14. The lowest BCUT2D eigenvalue weighted by Crippen LogP contribution is -1.96. The van der Waals surface area contributed by atoms with Gasteiger partial charge in [-0.15, -0.1) is 0 Å². The van der Waals surface area contributed by atoms with E-state index in [1.54, 1.807) is 20.3 Å².